The van der Waals surface area contributed by atoms with Crippen LogP contribution in [0.2, 0.25) is 0 Å². The van der Waals surface area contributed by atoms with Crippen molar-refractivity contribution in [1.29, 1.82) is 0 Å². The topological polar surface area (TPSA) is 41.5 Å². The van der Waals surface area contributed by atoms with Crippen molar-refractivity contribution < 1.29 is 9.84 Å². The highest BCUT2D eigenvalue weighted by Gasteiger charge is 2.44. The van der Waals surface area contributed by atoms with Crippen molar-refractivity contribution in [2.75, 3.05) is 6.54 Å². The van der Waals surface area contributed by atoms with Crippen LogP contribution in [0, 0.1) is 0 Å². The summed E-state index contributed by atoms with van der Waals surface area (Å²) in [5.74, 6) is 1.05. The molecule has 1 spiro atoms. The second-order valence-electron chi connectivity index (χ2n) is 7.25. The van der Waals surface area contributed by atoms with E-state index in [9.17, 15) is 5.11 Å². The summed E-state index contributed by atoms with van der Waals surface area (Å²) in [5.41, 5.74) is 0.836. The summed E-state index contributed by atoms with van der Waals surface area (Å²) in [6.45, 7) is 0.710. The van der Waals surface area contributed by atoms with Gasteiger partial charge < -0.3 is 15.2 Å². The Labute approximate surface area is 126 Å². The Morgan fingerprint density at radius 1 is 1.10 bits per heavy atom. The summed E-state index contributed by atoms with van der Waals surface area (Å²) in [6.07, 6.45) is 8.98. The van der Waals surface area contributed by atoms with Gasteiger partial charge in [0.2, 0.25) is 0 Å². The number of ether oxygens (including phenoxy) is 1. The van der Waals surface area contributed by atoms with Crippen LogP contribution >= 0.6 is 0 Å². The Bertz CT molecular complexity index is 518. The Hall–Kier alpha value is -1.06. The molecule has 0 saturated heterocycles. The normalized spacial score (nSPS) is 28.7. The zero-order valence-corrected chi connectivity index (χ0v) is 12.6. The molecule has 1 unspecified atom stereocenters. The molecular formula is C18H25NO2. The molecule has 4 rings (SSSR count). The fourth-order valence-corrected chi connectivity index (χ4v) is 4.20. The molecular weight excluding hydrogens is 262 g/mol. The molecule has 1 aliphatic heterocycles. The number of aliphatic hydroxyl groups is 1. The molecule has 2 fully saturated rings. The van der Waals surface area contributed by atoms with Gasteiger partial charge in [-0.15, -0.1) is 0 Å². The summed E-state index contributed by atoms with van der Waals surface area (Å²) >= 11 is 0. The molecule has 0 aromatic heterocycles. The average molecular weight is 287 g/mol. The van der Waals surface area contributed by atoms with Crippen LogP contribution < -0.4 is 10.1 Å². The number of para-hydroxylation sites is 1. The summed E-state index contributed by atoms with van der Waals surface area (Å²) in [7, 11) is 0. The molecule has 3 nitrogen and oxygen atoms in total. The first-order valence-electron chi connectivity index (χ1n) is 8.42. The quantitative estimate of drug-likeness (QED) is 0.896. The lowest BCUT2D eigenvalue weighted by Crippen LogP contribution is -2.49. The van der Waals surface area contributed by atoms with E-state index in [1.54, 1.807) is 0 Å². The third kappa shape index (κ3) is 2.47. The van der Waals surface area contributed by atoms with Gasteiger partial charge in [0, 0.05) is 24.6 Å². The monoisotopic (exact) mass is 287 g/mol. The van der Waals surface area contributed by atoms with E-state index in [0.29, 0.717) is 12.6 Å². The summed E-state index contributed by atoms with van der Waals surface area (Å²) in [6, 6.07) is 8.73. The average Bonchev–Trinajstić information content (AvgIpc) is 2.90. The molecule has 2 saturated carbocycles. The zero-order chi connectivity index (χ0) is 14.3. The highest BCUT2D eigenvalue weighted by atomic mass is 16.5. The Balaban J connectivity index is 1.56. The van der Waals surface area contributed by atoms with E-state index in [1.807, 2.05) is 0 Å². The number of hydrogen-bond acceptors (Lipinski definition) is 3. The third-order valence-corrected chi connectivity index (χ3v) is 5.67. The minimum atomic E-state index is -0.462. The van der Waals surface area contributed by atoms with Crippen LogP contribution in [-0.2, 0) is 0 Å². The van der Waals surface area contributed by atoms with Gasteiger partial charge in [0.25, 0.3) is 0 Å². The second kappa shape index (κ2) is 4.99. The van der Waals surface area contributed by atoms with Gasteiger partial charge in [-0.1, -0.05) is 18.2 Å². The van der Waals surface area contributed by atoms with Gasteiger partial charge in [0.1, 0.15) is 11.4 Å². The first kappa shape index (κ1) is 13.6. The lowest BCUT2D eigenvalue weighted by molar-refractivity contribution is -0.0378. The first-order chi connectivity index (χ1) is 10.2. The summed E-state index contributed by atoms with van der Waals surface area (Å²) in [4.78, 5) is 0. The van der Waals surface area contributed by atoms with E-state index in [2.05, 4.69) is 29.6 Å². The van der Waals surface area contributed by atoms with Gasteiger partial charge in [0.15, 0.2) is 0 Å². The standard InChI is InChI=1S/C18H25NO2/c20-17(8-5-9-17)13-19-15-12-18(10-3-4-11-18)21-16-7-2-1-6-14(15)16/h1-2,6-7,15,19-20H,3-5,8-13H2. The Morgan fingerprint density at radius 2 is 1.86 bits per heavy atom. The molecule has 1 heterocycles. The smallest absolute Gasteiger partial charge is 0.124 e. The van der Waals surface area contributed by atoms with E-state index in [0.717, 1.165) is 31.4 Å². The summed E-state index contributed by atoms with van der Waals surface area (Å²) < 4.78 is 6.38. The van der Waals surface area contributed by atoms with Gasteiger partial charge in [0.05, 0.1) is 5.60 Å². The van der Waals surface area contributed by atoms with Crippen LogP contribution in [-0.4, -0.2) is 22.9 Å². The van der Waals surface area contributed by atoms with Gasteiger partial charge in [-0.3, -0.25) is 0 Å². The highest BCUT2D eigenvalue weighted by Crippen LogP contribution is 2.47. The number of benzene rings is 1. The molecule has 21 heavy (non-hydrogen) atoms. The van der Waals surface area contributed by atoms with Crippen LogP contribution in [0.25, 0.3) is 0 Å². The van der Waals surface area contributed by atoms with Crippen LogP contribution in [0.1, 0.15) is 63.0 Å². The largest absolute Gasteiger partial charge is 0.487 e. The van der Waals surface area contributed by atoms with E-state index < -0.39 is 5.60 Å². The van der Waals surface area contributed by atoms with Crippen LogP contribution in [0.5, 0.6) is 5.75 Å². The maximum absolute atomic E-state index is 10.4. The maximum Gasteiger partial charge on any atom is 0.124 e. The lowest BCUT2D eigenvalue weighted by atomic mass is 9.79. The van der Waals surface area contributed by atoms with Crippen molar-refractivity contribution in [3.05, 3.63) is 29.8 Å². The van der Waals surface area contributed by atoms with Gasteiger partial charge >= 0.3 is 0 Å². The molecule has 3 aliphatic rings. The number of rotatable bonds is 3. The SMILES string of the molecule is OC1(CNC2CC3(CCCC3)Oc3ccccc32)CCC1. The molecule has 114 valence electrons. The van der Waals surface area contributed by atoms with Crippen LogP contribution in [0.3, 0.4) is 0 Å². The minimum Gasteiger partial charge on any atom is -0.487 e. The van der Waals surface area contributed by atoms with E-state index in [1.165, 1.54) is 31.2 Å². The Morgan fingerprint density at radius 3 is 2.57 bits per heavy atom. The lowest BCUT2D eigenvalue weighted by Gasteiger charge is -2.43. The highest BCUT2D eigenvalue weighted by molar-refractivity contribution is 5.39. The fraction of sp³-hybridized carbons (Fsp3) is 0.667. The molecule has 0 bridgehead atoms. The molecule has 1 aromatic carbocycles. The minimum absolute atomic E-state index is 0.0360. The maximum atomic E-state index is 10.4. The first-order valence-corrected chi connectivity index (χ1v) is 8.42. The number of fused-ring (bicyclic) bond motifs is 1. The predicted molar refractivity (Wildman–Crippen MR) is 82.4 cm³/mol. The van der Waals surface area contributed by atoms with E-state index in [-0.39, 0.29) is 5.60 Å². The molecule has 0 radical (unpaired) electrons. The molecule has 3 heteroatoms. The van der Waals surface area contributed by atoms with Crippen LogP contribution in [0.4, 0.5) is 0 Å². The Kier molecular flexibility index (Phi) is 3.23. The van der Waals surface area contributed by atoms with Gasteiger partial charge in [-0.2, -0.15) is 0 Å². The van der Waals surface area contributed by atoms with Crippen molar-refractivity contribution in [2.45, 2.75) is 68.6 Å². The number of hydrogen-bond donors (Lipinski definition) is 2. The van der Waals surface area contributed by atoms with Crippen molar-refractivity contribution in [2.24, 2.45) is 0 Å². The van der Waals surface area contributed by atoms with E-state index >= 15 is 0 Å². The predicted octanol–water partition coefficient (Wildman–Crippen LogP) is 3.33. The molecule has 2 N–H and O–H groups in total. The van der Waals surface area contributed by atoms with Crippen molar-refractivity contribution in [3.8, 4) is 5.75 Å². The van der Waals surface area contributed by atoms with Gasteiger partial charge in [-0.25, -0.2) is 0 Å². The molecule has 2 aliphatic carbocycles. The molecule has 0 amide bonds. The summed E-state index contributed by atoms with van der Waals surface area (Å²) in [5, 5.41) is 14.0. The van der Waals surface area contributed by atoms with Crippen molar-refractivity contribution in [1.82, 2.24) is 5.32 Å². The van der Waals surface area contributed by atoms with Gasteiger partial charge in [-0.05, 0) is 51.0 Å². The zero-order valence-electron chi connectivity index (χ0n) is 12.6. The van der Waals surface area contributed by atoms with Crippen molar-refractivity contribution >= 4 is 0 Å². The molecule has 1 atom stereocenters. The van der Waals surface area contributed by atoms with Crippen LogP contribution in [0.15, 0.2) is 24.3 Å². The molecule has 1 aromatic rings. The van der Waals surface area contributed by atoms with Crippen molar-refractivity contribution in [3.63, 3.8) is 0 Å². The second-order valence-corrected chi connectivity index (χ2v) is 7.25. The third-order valence-electron chi connectivity index (χ3n) is 5.67. The van der Waals surface area contributed by atoms with E-state index in [4.69, 9.17) is 4.74 Å². The number of nitrogens with one attached hydrogen (secondary N) is 1. The fourth-order valence-electron chi connectivity index (χ4n) is 4.20.